The van der Waals surface area contributed by atoms with Crippen molar-refractivity contribution in [2.24, 2.45) is 0 Å². The molecule has 1 aliphatic rings. The molecule has 0 aliphatic carbocycles. The molecule has 1 N–H and O–H groups in total. The molecule has 0 saturated carbocycles. The summed E-state index contributed by atoms with van der Waals surface area (Å²) in [4.78, 5) is 32.5. The summed E-state index contributed by atoms with van der Waals surface area (Å²) in [5.41, 5.74) is 1.17. The van der Waals surface area contributed by atoms with Gasteiger partial charge in [-0.15, -0.1) is 11.3 Å². The molecule has 4 rings (SSSR count). The van der Waals surface area contributed by atoms with Gasteiger partial charge in [-0.05, 0) is 61.2 Å². The molecule has 1 aliphatic heterocycles. The van der Waals surface area contributed by atoms with Gasteiger partial charge in [0.25, 0.3) is 11.7 Å². The van der Waals surface area contributed by atoms with Crippen molar-refractivity contribution in [1.82, 2.24) is 9.88 Å². The van der Waals surface area contributed by atoms with Gasteiger partial charge in [-0.2, -0.15) is 0 Å². The number of likely N-dealkylation sites (tertiary alicyclic amines) is 1. The third-order valence-corrected chi connectivity index (χ3v) is 5.81. The van der Waals surface area contributed by atoms with Gasteiger partial charge in [0.2, 0.25) is 0 Å². The van der Waals surface area contributed by atoms with E-state index in [9.17, 15) is 14.7 Å². The Labute approximate surface area is 184 Å². The first-order valence-electron chi connectivity index (χ1n) is 9.93. The fourth-order valence-electron chi connectivity index (χ4n) is 3.62. The Kier molecular flexibility index (Phi) is 5.86. The maximum absolute atomic E-state index is 13.0. The van der Waals surface area contributed by atoms with Crippen LogP contribution in [0.25, 0.3) is 5.76 Å². The number of carbonyl (C=O) groups is 2. The lowest BCUT2D eigenvalue weighted by molar-refractivity contribution is -0.140. The molecule has 158 valence electrons. The molecule has 3 heterocycles. The number of ether oxygens (including phenoxy) is 1. The molecule has 3 aromatic rings. The zero-order chi connectivity index (χ0) is 22.0. The molecular formula is C24H22N2O4S. The number of nitrogens with zero attached hydrogens (tertiary/aromatic N) is 2. The van der Waals surface area contributed by atoms with Crippen molar-refractivity contribution in [3.8, 4) is 5.75 Å². The number of aliphatic hydroxyl groups is 1. The topological polar surface area (TPSA) is 79.7 Å². The second kappa shape index (κ2) is 8.73. The summed E-state index contributed by atoms with van der Waals surface area (Å²) in [6.45, 7) is 4.13. The van der Waals surface area contributed by atoms with Crippen LogP contribution in [0, 0.1) is 0 Å². The van der Waals surface area contributed by atoms with Gasteiger partial charge in [0, 0.05) is 22.8 Å². The largest absolute Gasteiger partial charge is 0.507 e. The lowest BCUT2D eigenvalue weighted by atomic mass is 9.96. The fraction of sp³-hybridized carbons (Fsp3) is 0.208. The number of amides is 1. The van der Waals surface area contributed by atoms with Crippen molar-refractivity contribution in [2.45, 2.75) is 32.5 Å². The van der Waals surface area contributed by atoms with Crippen LogP contribution in [-0.4, -0.2) is 32.8 Å². The smallest absolute Gasteiger partial charge is 0.295 e. The summed E-state index contributed by atoms with van der Waals surface area (Å²) in [6, 6.07) is 13.5. The highest BCUT2D eigenvalue weighted by molar-refractivity contribution is 7.09. The van der Waals surface area contributed by atoms with Gasteiger partial charge < -0.3 is 14.7 Å². The van der Waals surface area contributed by atoms with Crippen molar-refractivity contribution >= 4 is 28.8 Å². The molecule has 6 nitrogen and oxygen atoms in total. The summed E-state index contributed by atoms with van der Waals surface area (Å²) < 4.78 is 5.64. The van der Waals surface area contributed by atoms with Crippen LogP contribution in [0.15, 0.2) is 71.9 Å². The minimum absolute atomic E-state index is 0.0209. The Bertz CT molecular complexity index is 1110. The Morgan fingerprint density at radius 3 is 2.55 bits per heavy atom. The quantitative estimate of drug-likeness (QED) is 0.350. The lowest BCUT2D eigenvalue weighted by Crippen LogP contribution is -2.28. The van der Waals surface area contributed by atoms with E-state index in [2.05, 4.69) is 4.98 Å². The van der Waals surface area contributed by atoms with Crippen LogP contribution in [0.4, 0.5) is 0 Å². The van der Waals surface area contributed by atoms with E-state index in [1.165, 1.54) is 16.2 Å². The Hall–Kier alpha value is -3.45. The lowest BCUT2D eigenvalue weighted by Gasteiger charge is -2.24. The van der Waals surface area contributed by atoms with Gasteiger partial charge in [0.05, 0.1) is 24.3 Å². The molecule has 0 radical (unpaired) electrons. The van der Waals surface area contributed by atoms with E-state index < -0.39 is 17.7 Å². The Morgan fingerprint density at radius 2 is 1.94 bits per heavy atom. The van der Waals surface area contributed by atoms with Gasteiger partial charge in [0.1, 0.15) is 11.5 Å². The van der Waals surface area contributed by atoms with Gasteiger partial charge in [0.15, 0.2) is 0 Å². The predicted molar refractivity (Wildman–Crippen MR) is 119 cm³/mol. The van der Waals surface area contributed by atoms with Crippen LogP contribution in [0.2, 0.25) is 0 Å². The first-order chi connectivity index (χ1) is 15.0. The molecule has 1 saturated heterocycles. The zero-order valence-corrected chi connectivity index (χ0v) is 18.0. The van der Waals surface area contributed by atoms with Crippen molar-refractivity contribution in [1.29, 1.82) is 0 Å². The number of carbonyl (C=O) groups excluding carboxylic acids is 2. The Balaban J connectivity index is 1.78. The van der Waals surface area contributed by atoms with Crippen LogP contribution >= 0.6 is 11.3 Å². The number of hydrogen-bond acceptors (Lipinski definition) is 6. The summed E-state index contributed by atoms with van der Waals surface area (Å²) in [5.74, 6) is -0.889. The maximum Gasteiger partial charge on any atom is 0.295 e. The molecule has 1 fully saturated rings. The molecule has 2 aromatic heterocycles. The van der Waals surface area contributed by atoms with E-state index in [4.69, 9.17) is 4.74 Å². The van der Waals surface area contributed by atoms with E-state index >= 15 is 0 Å². The molecule has 31 heavy (non-hydrogen) atoms. The van der Waals surface area contributed by atoms with Gasteiger partial charge in [-0.1, -0.05) is 12.1 Å². The van der Waals surface area contributed by atoms with Crippen LogP contribution in [0.5, 0.6) is 5.75 Å². The minimum Gasteiger partial charge on any atom is -0.507 e. The summed E-state index contributed by atoms with van der Waals surface area (Å²) in [7, 11) is 0. The first kappa shape index (κ1) is 20.8. The molecule has 0 bridgehead atoms. The average Bonchev–Trinajstić information content (AvgIpc) is 3.36. The van der Waals surface area contributed by atoms with Crippen molar-refractivity contribution in [3.63, 3.8) is 0 Å². The fourth-order valence-corrected chi connectivity index (χ4v) is 4.32. The van der Waals surface area contributed by atoms with Crippen LogP contribution in [-0.2, 0) is 16.1 Å². The number of rotatable bonds is 6. The standard InChI is InChI=1S/C24H22N2O4S/c1-15(2)30-18-9-7-16(8-10-18)22(27)20-21(17-5-3-11-25-13-17)26(24(29)23(20)28)14-19-6-4-12-31-19/h3-13,15,21,27H,14H2,1-2H3/b22-20-. The first-order valence-corrected chi connectivity index (χ1v) is 10.8. The highest BCUT2D eigenvalue weighted by atomic mass is 32.1. The molecule has 1 unspecified atom stereocenters. The SMILES string of the molecule is CC(C)Oc1ccc(/C(O)=C2/C(=O)C(=O)N(Cc3cccs3)C2c2cccnc2)cc1. The van der Waals surface area contributed by atoms with E-state index in [0.29, 0.717) is 16.9 Å². The molecule has 1 atom stereocenters. The summed E-state index contributed by atoms with van der Waals surface area (Å²) in [6.07, 6.45) is 3.26. The third-order valence-electron chi connectivity index (χ3n) is 4.95. The number of pyridine rings is 1. The highest BCUT2D eigenvalue weighted by Gasteiger charge is 2.46. The van der Waals surface area contributed by atoms with E-state index in [1.807, 2.05) is 31.4 Å². The summed E-state index contributed by atoms with van der Waals surface area (Å²) in [5, 5.41) is 13.0. The highest BCUT2D eigenvalue weighted by Crippen LogP contribution is 2.40. The van der Waals surface area contributed by atoms with Crippen molar-refractivity contribution in [3.05, 3.63) is 87.9 Å². The molecular weight excluding hydrogens is 412 g/mol. The van der Waals surface area contributed by atoms with Gasteiger partial charge in [-0.25, -0.2) is 0 Å². The molecule has 1 aromatic carbocycles. The third kappa shape index (κ3) is 4.22. The average molecular weight is 435 g/mol. The number of aliphatic hydroxyl groups excluding tert-OH is 1. The minimum atomic E-state index is -0.720. The second-order valence-electron chi connectivity index (χ2n) is 7.48. The number of thiophene rings is 1. The van der Waals surface area contributed by atoms with Crippen molar-refractivity contribution in [2.75, 3.05) is 0 Å². The van der Waals surface area contributed by atoms with Crippen molar-refractivity contribution < 1.29 is 19.4 Å². The predicted octanol–water partition coefficient (Wildman–Crippen LogP) is 4.55. The summed E-state index contributed by atoms with van der Waals surface area (Å²) >= 11 is 1.51. The Morgan fingerprint density at radius 1 is 1.16 bits per heavy atom. The van der Waals surface area contributed by atoms with Crippen LogP contribution < -0.4 is 4.74 Å². The second-order valence-corrected chi connectivity index (χ2v) is 8.52. The van der Waals surface area contributed by atoms with Crippen LogP contribution in [0.3, 0.4) is 0 Å². The van der Waals surface area contributed by atoms with E-state index in [0.717, 1.165) is 4.88 Å². The normalized spacial score (nSPS) is 18.0. The van der Waals surface area contributed by atoms with E-state index in [-0.39, 0.29) is 24.0 Å². The number of benzene rings is 1. The number of Topliss-reactive ketones (excluding diaryl/α,β-unsaturated/α-hetero) is 1. The number of hydrogen-bond donors (Lipinski definition) is 1. The zero-order valence-electron chi connectivity index (χ0n) is 17.2. The monoisotopic (exact) mass is 434 g/mol. The van der Waals surface area contributed by atoms with Crippen LogP contribution in [0.1, 0.15) is 35.9 Å². The number of aromatic nitrogens is 1. The van der Waals surface area contributed by atoms with E-state index in [1.54, 1.807) is 48.8 Å². The maximum atomic E-state index is 13.0. The number of ketones is 1. The molecule has 7 heteroatoms. The molecule has 0 spiro atoms. The van der Waals surface area contributed by atoms with Gasteiger partial charge in [-0.3, -0.25) is 14.6 Å². The molecule has 1 amide bonds. The van der Waals surface area contributed by atoms with Gasteiger partial charge >= 0.3 is 0 Å².